The zero-order valence-electron chi connectivity index (χ0n) is 15.2. The Hall–Kier alpha value is -3.01. The van der Waals surface area contributed by atoms with Crippen molar-refractivity contribution in [1.29, 1.82) is 5.26 Å². The highest BCUT2D eigenvalue weighted by Gasteiger charge is 2.29. The average Bonchev–Trinajstić information content (AvgIpc) is 3.32. The number of aromatic nitrogens is 3. The predicted molar refractivity (Wildman–Crippen MR) is 101 cm³/mol. The van der Waals surface area contributed by atoms with Crippen molar-refractivity contribution in [1.82, 2.24) is 19.9 Å². The van der Waals surface area contributed by atoms with Crippen molar-refractivity contribution in [3.8, 4) is 6.07 Å². The first-order chi connectivity index (χ1) is 13.2. The molecule has 27 heavy (non-hydrogen) atoms. The largest absolute Gasteiger partial charge is 0.356 e. The summed E-state index contributed by atoms with van der Waals surface area (Å²) in [6, 6.07) is 18.2. The lowest BCUT2D eigenvalue weighted by Crippen LogP contribution is -2.23. The van der Waals surface area contributed by atoms with Crippen LogP contribution in [0.25, 0.3) is 0 Å². The molecule has 0 aliphatic carbocycles. The van der Waals surface area contributed by atoms with E-state index in [1.54, 1.807) is 0 Å². The first-order valence-corrected chi connectivity index (χ1v) is 9.01. The van der Waals surface area contributed by atoms with Crippen LogP contribution in [0.15, 0.2) is 54.7 Å². The van der Waals surface area contributed by atoms with E-state index in [-0.39, 0.29) is 6.23 Å². The standard InChI is InChI=1S/C21H21N5O/c1-16-3-2-4-19(11-16)13-25-9-10-27-21(25)20-15-26(24-23-20)14-18-7-5-17(12-22)6-8-18/h2-8,11,15,21H,9-10,13-14H2,1H3. The summed E-state index contributed by atoms with van der Waals surface area (Å²) in [6.45, 7) is 5.12. The first-order valence-electron chi connectivity index (χ1n) is 9.01. The van der Waals surface area contributed by atoms with E-state index in [1.165, 1.54) is 11.1 Å². The van der Waals surface area contributed by atoms with Gasteiger partial charge in [-0.25, -0.2) is 4.68 Å². The SMILES string of the molecule is Cc1cccc(CN2CCOC2c2cn(Cc3ccc(C#N)cc3)nn2)c1. The van der Waals surface area contributed by atoms with Gasteiger partial charge in [0.2, 0.25) is 0 Å². The molecule has 1 saturated heterocycles. The molecule has 1 atom stereocenters. The summed E-state index contributed by atoms with van der Waals surface area (Å²) in [5.74, 6) is 0. The summed E-state index contributed by atoms with van der Waals surface area (Å²) in [6.07, 6.45) is 1.78. The number of aryl methyl sites for hydroxylation is 1. The van der Waals surface area contributed by atoms with Crippen LogP contribution in [0.2, 0.25) is 0 Å². The Morgan fingerprint density at radius 2 is 2.00 bits per heavy atom. The molecule has 0 bridgehead atoms. The van der Waals surface area contributed by atoms with Gasteiger partial charge in [0.05, 0.1) is 31.0 Å². The maximum atomic E-state index is 8.89. The fourth-order valence-corrected chi connectivity index (χ4v) is 3.36. The number of ether oxygens (including phenoxy) is 1. The summed E-state index contributed by atoms with van der Waals surface area (Å²) in [5.41, 5.74) is 5.10. The van der Waals surface area contributed by atoms with Crippen molar-refractivity contribution in [2.45, 2.75) is 26.2 Å². The molecular formula is C21H21N5O. The second kappa shape index (κ2) is 7.70. The van der Waals surface area contributed by atoms with E-state index in [0.29, 0.717) is 18.7 Å². The minimum absolute atomic E-state index is 0.166. The highest BCUT2D eigenvalue weighted by molar-refractivity contribution is 5.31. The van der Waals surface area contributed by atoms with Crippen LogP contribution >= 0.6 is 0 Å². The zero-order chi connectivity index (χ0) is 18.6. The second-order valence-electron chi connectivity index (χ2n) is 6.83. The molecule has 0 N–H and O–H groups in total. The van der Waals surface area contributed by atoms with Crippen LogP contribution < -0.4 is 0 Å². The van der Waals surface area contributed by atoms with Gasteiger partial charge in [-0.05, 0) is 30.2 Å². The Labute approximate surface area is 158 Å². The van der Waals surface area contributed by atoms with Gasteiger partial charge < -0.3 is 4.74 Å². The quantitative estimate of drug-likeness (QED) is 0.700. The molecule has 1 aromatic heterocycles. The third kappa shape index (κ3) is 4.05. The second-order valence-corrected chi connectivity index (χ2v) is 6.83. The smallest absolute Gasteiger partial charge is 0.157 e. The summed E-state index contributed by atoms with van der Waals surface area (Å²) in [4.78, 5) is 2.28. The van der Waals surface area contributed by atoms with Crippen LogP contribution in [0.3, 0.4) is 0 Å². The molecule has 2 heterocycles. The topological polar surface area (TPSA) is 67.0 Å². The Morgan fingerprint density at radius 3 is 2.78 bits per heavy atom. The van der Waals surface area contributed by atoms with Crippen LogP contribution in [-0.4, -0.2) is 33.0 Å². The van der Waals surface area contributed by atoms with Crippen molar-refractivity contribution in [3.63, 3.8) is 0 Å². The zero-order valence-corrected chi connectivity index (χ0v) is 15.2. The van der Waals surface area contributed by atoms with E-state index in [9.17, 15) is 0 Å². The normalized spacial score (nSPS) is 17.1. The third-order valence-electron chi connectivity index (χ3n) is 4.69. The third-order valence-corrected chi connectivity index (χ3v) is 4.69. The van der Waals surface area contributed by atoms with Crippen molar-refractivity contribution in [3.05, 3.63) is 82.7 Å². The van der Waals surface area contributed by atoms with Crippen LogP contribution in [0.5, 0.6) is 0 Å². The number of hydrogen-bond acceptors (Lipinski definition) is 5. The minimum Gasteiger partial charge on any atom is -0.356 e. The van der Waals surface area contributed by atoms with Crippen LogP contribution in [0.1, 0.15) is 34.2 Å². The minimum atomic E-state index is -0.166. The molecule has 0 saturated carbocycles. The predicted octanol–water partition coefficient (Wildman–Crippen LogP) is 3.04. The van der Waals surface area contributed by atoms with Gasteiger partial charge >= 0.3 is 0 Å². The molecule has 0 spiro atoms. The molecule has 0 amide bonds. The number of nitriles is 1. The molecule has 0 radical (unpaired) electrons. The van der Waals surface area contributed by atoms with Gasteiger partial charge in [0.15, 0.2) is 6.23 Å². The molecule has 3 aromatic rings. The fourth-order valence-electron chi connectivity index (χ4n) is 3.36. The van der Waals surface area contributed by atoms with E-state index in [4.69, 9.17) is 10.00 Å². The Kier molecular flexibility index (Phi) is 4.97. The molecule has 1 aliphatic rings. The van der Waals surface area contributed by atoms with Crippen molar-refractivity contribution >= 4 is 0 Å². The molecule has 6 heteroatoms. The molecule has 1 unspecified atom stereocenters. The average molecular weight is 359 g/mol. The van der Waals surface area contributed by atoms with Crippen molar-refractivity contribution < 1.29 is 4.74 Å². The van der Waals surface area contributed by atoms with Gasteiger partial charge in [0, 0.05) is 13.1 Å². The van der Waals surface area contributed by atoms with Gasteiger partial charge in [-0.3, -0.25) is 4.90 Å². The molecule has 2 aromatic carbocycles. The van der Waals surface area contributed by atoms with E-state index >= 15 is 0 Å². The lowest BCUT2D eigenvalue weighted by molar-refractivity contribution is 0.0252. The summed E-state index contributed by atoms with van der Waals surface area (Å²) in [7, 11) is 0. The Bertz CT molecular complexity index is 957. The van der Waals surface area contributed by atoms with Crippen LogP contribution in [0, 0.1) is 18.3 Å². The highest BCUT2D eigenvalue weighted by atomic mass is 16.5. The van der Waals surface area contributed by atoms with Gasteiger partial charge in [0.25, 0.3) is 0 Å². The number of rotatable bonds is 5. The highest BCUT2D eigenvalue weighted by Crippen LogP contribution is 2.27. The summed E-state index contributed by atoms with van der Waals surface area (Å²) < 4.78 is 7.73. The summed E-state index contributed by atoms with van der Waals surface area (Å²) in [5, 5.41) is 17.5. The van der Waals surface area contributed by atoms with Crippen molar-refractivity contribution in [2.75, 3.05) is 13.2 Å². The molecule has 1 aliphatic heterocycles. The van der Waals surface area contributed by atoms with Gasteiger partial charge in [-0.15, -0.1) is 5.10 Å². The van der Waals surface area contributed by atoms with Gasteiger partial charge in [-0.1, -0.05) is 47.2 Å². The molecule has 1 fully saturated rings. The van der Waals surface area contributed by atoms with E-state index in [2.05, 4.69) is 52.5 Å². The monoisotopic (exact) mass is 359 g/mol. The maximum absolute atomic E-state index is 8.89. The van der Waals surface area contributed by atoms with Crippen LogP contribution in [0.4, 0.5) is 0 Å². The van der Waals surface area contributed by atoms with Crippen LogP contribution in [-0.2, 0) is 17.8 Å². The molecular weight excluding hydrogens is 338 g/mol. The molecule has 6 nitrogen and oxygen atoms in total. The lowest BCUT2D eigenvalue weighted by atomic mass is 10.1. The fraction of sp³-hybridized carbons (Fsp3) is 0.286. The molecule has 136 valence electrons. The maximum Gasteiger partial charge on any atom is 0.157 e. The van der Waals surface area contributed by atoms with Crippen molar-refractivity contribution in [2.24, 2.45) is 0 Å². The van der Waals surface area contributed by atoms with Gasteiger partial charge in [0.1, 0.15) is 5.69 Å². The lowest BCUT2D eigenvalue weighted by Gasteiger charge is -2.21. The van der Waals surface area contributed by atoms with E-state index in [0.717, 1.165) is 24.3 Å². The van der Waals surface area contributed by atoms with Gasteiger partial charge in [-0.2, -0.15) is 5.26 Å². The Balaban J connectivity index is 1.45. The van der Waals surface area contributed by atoms with E-state index < -0.39 is 0 Å². The molecule has 4 rings (SSSR count). The first kappa shape index (κ1) is 17.4. The number of benzene rings is 2. The van der Waals surface area contributed by atoms with E-state index in [1.807, 2.05) is 35.1 Å². The summed E-state index contributed by atoms with van der Waals surface area (Å²) >= 11 is 0. The Morgan fingerprint density at radius 1 is 1.15 bits per heavy atom. The number of nitrogens with zero attached hydrogens (tertiary/aromatic N) is 5. The number of hydrogen-bond donors (Lipinski definition) is 0.